The van der Waals surface area contributed by atoms with Gasteiger partial charge in [-0.25, -0.2) is 4.79 Å². The molecule has 0 spiro atoms. The molecule has 2 aromatic rings. The Morgan fingerprint density at radius 2 is 1.89 bits per heavy atom. The van der Waals surface area contributed by atoms with Crippen LogP contribution in [0, 0.1) is 5.92 Å². The lowest BCUT2D eigenvalue weighted by molar-refractivity contribution is 0.555. The van der Waals surface area contributed by atoms with Crippen LogP contribution in [0.1, 0.15) is 32.8 Å². The molecule has 0 saturated carbocycles. The molecule has 152 valence electrons. The Morgan fingerprint density at radius 3 is 2.46 bits per heavy atom. The van der Waals surface area contributed by atoms with Gasteiger partial charge in [-0.15, -0.1) is 0 Å². The van der Waals surface area contributed by atoms with Gasteiger partial charge >= 0.3 is 5.63 Å². The predicted octanol–water partition coefficient (Wildman–Crippen LogP) is 5.08. The smallest absolute Gasteiger partial charge is 0.336 e. The molecular weight excluding hydrogens is 348 g/mol. The highest BCUT2D eigenvalue weighted by Gasteiger charge is 2.11. The van der Waals surface area contributed by atoms with Crippen molar-refractivity contribution in [2.75, 3.05) is 25.0 Å². The van der Waals surface area contributed by atoms with Crippen molar-refractivity contribution < 1.29 is 4.42 Å². The summed E-state index contributed by atoms with van der Waals surface area (Å²) in [4.78, 5) is 14.3. The first kappa shape index (κ1) is 23.4. The van der Waals surface area contributed by atoms with E-state index in [-0.39, 0.29) is 5.63 Å². The molecule has 2 rings (SSSR count). The Balaban J connectivity index is 0.00000190. The van der Waals surface area contributed by atoms with Crippen molar-refractivity contribution in [1.29, 1.82) is 0 Å². The lowest BCUT2D eigenvalue weighted by Crippen LogP contribution is -2.21. The maximum Gasteiger partial charge on any atom is 0.336 e. The first-order valence-corrected chi connectivity index (χ1v) is 9.88. The number of nitrogens with zero attached hydrogens (tertiary/aromatic N) is 1. The van der Waals surface area contributed by atoms with Crippen LogP contribution in [-0.2, 0) is 6.42 Å². The number of allylic oxidation sites excluding steroid dienone is 4. The monoisotopic (exact) mass is 382 g/mol. The zero-order chi connectivity index (χ0) is 21.1. The summed E-state index contributed by atoms with van der Waals surface area (Å²) in [5.74, 6) is 0.350. The van der Waals surface area contributed by atoms with Gasteiger partial charge in [0.25, 0.3) is 0 Å². The van der Waals surface area contributed by atoms with Crippen molar-refractivity contribution in [3.63, 3.8) is 0 Å². The van der Waals surface area contributed by atoms with Crippen molar-refractivity contribution in [2.45, 2.75) is 33.6 Å². The molecular formula is C24H34N2O2. The highest BCUT2D eigenvalue weighted by molar-refractivity contribution is 5.83. The van der Waals surface area contributed by atoms with Crippen LogP contribution in [-0.4, -0.2) is 20.1 Å². The molecule has 1 heterocycles. The largest absolute Gasteiger partial charge is 0.423 e. The fraction of sp³-hybridized carbons (Fsp3) is 0.375. The number of rotatable bonds is 9. The number of benzene rings is 1. The second-order valence-electron chi connectivity index (χ2n) is 6.49. The van der Waals surface area contributed by atoms with E-state index in [1.54, 1.807) is 12.1 Å². The Kier molecular flexibility index (Phi) is 10.0. The summed E-state index contributed by atoms with van der Waals surface area (Å²) in [7, 11) is 1.50. The Bertz CT molecular complexity index is 861. The van der Waals surface area contributed by atoms with Gasteiger partial charge in [0.2, 0.25) is 0 Å². The molecule has 1 atom stereocenters. The third-order valence-corrected chi connectivity index (χ3v) is 4.90. The summed E-state index contributed by atoms with van der Waals surface area (Å²) in [6.45, 7) is 15.9. The standard InChI is InChI=1S/C23H29NO2.CH5N/c1-6-10-18(7-2)17(5)11-12-19-15-23(25)26-22-16-20(13-14-21(19)22)24(8-3)9-4;1-2/h6-7,10,13-17H,1-2,8-9,11-12H2,3-5H3;2H2,1H3/b18-10+;. The van der Waals surface area contributed by atoms with Crippen LogP contribution in [0.5, 0.6) is 0 Å². The lowest BCUT2D eigenvalue weighted by atomic mass is 9.92. The van der Waals surface area contributed by atoms with E-state index >= 15 is 0 Å². The van der Waals surface area contributed by atoms with Crippen molar-refractivity contribution in [1.82, 2.24) is 0 Å². The molecule has 0 radical (unpaired) electrons. The highest BCUT2D eigenvalue weighted by atomic mass is 16.4. The van der Waals surface area contributed by atoms with Crippen LogP contribution in [0.15, 0.2) is 70.4 Å². The maximum atomic E-state index is 12.0. The molecule has 28 heavy (non-hydrogen) atoms. The van der Waals surface area contributed by atoms with E-state index in [0.29, 0.717) is 11.5 Å². The average Bonchev–Trinajstić information content (AvgIpc) is 2.72. The number of anilines is 1. The minimum atomic E-state index is -0.289. The van der Waals surface area contributed by atoms with Gasteiger partial charge in [-0.05, 0) is 62.9 Å². The zero-order valence-corrected chi connectivity index (χ0v) is 17.7. The van der Waals surface area contributed by atoms with Gasteiger partial charge in [-0.1, -0.05) is 38.3 Å². The second-order valence-corrected chi connectivity index (χ2v) is 6.49. The van der Waals surface area contributed by atoms with E-state index in [4.69, 9.17) is 4.42 Å². The van der Waals surface area contributed by atoms with Crippen molar-refractivity contribution in [3.05, 3.63) is 77.2 Å². The number of fused-ring (bicyclic) bond motifs is 1. The summed E-state index contributed by atoms with van der Waals surface area (Å²) >= 11 is 0. The predicted molar refractivity (Wildman–Crippen MR) is 122 cm³/mol. The van der Waals surface area contributed by atoms with Crippen molar-refractivity contribution >= 4 is 16.7 Å². The quantitative estimate of drug-likeness (QED) is 0.485. The summed E-state index contributed by atoms with van der Waals surface area (Å²) in [5.41, 5.74) is 8.16. The van der Waals surface area contributed by atoms with Crippen LogP contribution in [0.4, 0.5) is 5.69 Å². The van der Waals surface area contributed by atoms with Gasteiger partial charge in [0, 0.05) is 36.3 Å². The zero-order valence-electron chi connectivity index (χ0n) is 17.7. The van der Waals surface area contributed by atoms with Crippen molar-refractivity contribution in [2.24, 2.45) is 11.7 Å². The minimum Gasteiger partial charge on any atom is -0.423 e. The van der Waals surface area contributed by atoms with Crippen LogP contribution >= 0.6 is 0 Å². The maximum absolute atomic E-state index is 12.0. The summed E-state index contributed by atoms with van der Waals surface area (Å²) < 4.78 is 5.47. The molecule has 4 heteroatoms. The fourth-order valence-corrected chi connectivity index (χ4v) is 3.32. The number of aryl methyl sites for hydroxylation is 1. The van der Waals surface area contributed by atoms with E-state index in [0.717, 1.165) is 48.1 Å². The Labute approximate surface area is 169 Å². The summed E-state index contributed by atoms with van der Waals surface area (Å²) in [6, 6.07) is 7.77. The molecule has 1 unspecified atom stereocenters. The van der Waals surface area contributed by atoms with E-state index in [1.807, 2.05) is 18.2 Å². The molecule has 2 N–H and O–H groups in total. The molecule has 1 aromatic carbocycles. The van der Waals surface area contributed by atoms with Crippen LogP contribution < -0.4 is 16.3 Å². The molecule has 4 nitrogen and oxygen atoms in total. The van der Waals surface area contributed by atoms with Gasteiger partial charge in [0.1, 0.15) is 5.58 Å². The molecule has 0 fully saturated rings. The number of hydrogen-bond acceptors (Lipinski definition) is 4. The highest BCUT2D eigenvalue weighted by Crippen LogP contribution is 2.26. The van der Waals surface area contributed by atoms with E-state index in [2.05, 4.69) is 56.7 Å². The summed E-state index contributed by atoms with van der Waals surface area (Å²) in [6.07, 6.45) is 7.40. The normalized spacial score (nSPS) is 12.1. The van der Waals surface area contributed by atoms with Gasteiger partial charge in [-0.3, -0.25) is 0 Å². The van der Waals surface area contributed by atoms with Gasteiger partial charge in [0.05, 0.1) is 0 Å². The van der Waals surface area contributed by atoms with Gasteiger partial charge < -0.3 is 15.1 Å². The van der Waals surface area contributed by atoms with Crippen LogP contribution in [0.2, 0.25) is 0 Å². The first-order valence-electron chi connectivity index (χ1n) is 9.88. The molecule has 0 aliphatic carbocycles. The third kappa shape index (κ3) is 5.96. The minimum absolute atomic E-state index is 0.289. The van der Waals surface area contributed by atoms with Crippen molar-refractivity contribution in [3.8, 4) is 0 Å². The Hall–Kier alpha value is -2.59. The lowest BCUT2D eigenvalue weighted by Gasteiger charge is -2.21. The van der Waals surface area contributed by atoms with Crippen LogP contribution in [0.25, 0.3) is 11.0 Å². The van der Waals surface area contributed by atoms with E-state index in [1.165, 1.54) is 7.05 Å². The third-order valence-electron chi connectivity index (χ3n) is 4.90. The SMILES string of the molecule is C=C/C=C(\C=C)C(C)CCc1cc(=O)oc2cc(N(CC)CC)ccc12.CN. The topological polar surface area (TPSA) is 59.5 Å². The molecule has 1 aromatic heterocycles. The van der Waals surface area contributed by atoms with Gasteiger partial charge in [-0.2, -0.15) is 0 Å². The van der Waals surface area contributed by atoms with Gasteiger partial charge in [0.15, 0.2) is 0 Å². The Morgan fingerprint density at radius 1 is 1.21 bits per heavy atom. The van der Waals surface area contributed by atoms with Crippen LogP contribution in [0.3, 0.4) is 0 Å². The molecule has 0 saturated heterocycles. The summed E-state index contributed by atoms with van der Waals surface area (Å²) in [5, 5.41) is 1.01. The average molecular weight is 383 g/mol. The molecule has 0 aliphatic heterocycles. The number of nitrogens with two attached hydrogens (primary N) is 1. The molecule has 0 aliphatic rings. The van der Waals surface area contributed by atoms with E-state index < -0.39 is 0 Å². The number of hydrogen-bond donors (Lipinski definition) is 1. The van der Waals surface area contributed by atoms with E-state index in [9.17, 15) is 4.79 Å². The molecule has 0 bridgehead atoms. The first-order chi connectivity index (χ1) is 13.5. The molecule has 0 amide bonds. The fourth-order valence-electron chi connectivity index (χ4n) is 3.32. The second kappa shape index (κ2) is 12.0.